The molecule has 1 aromatic heterocycles. The quantitative estimate of drug-likeness (QED) is 0.761. The monoisotopic (exact) mass is 271 g/mol. The average Bonchev–Trinajstić information content (AvgIpc) is 2.88. The Morgan fingerprint density at radius 2 is 2.30 bits per heavy atom. The van der Waals surface area contributed by atoms with Crippen molar-refractivity contribution in [3.63, 3.8) is 0 Å². The third-order valence-corrected chi connectivity index (χ3v) is 3.31. The van der Waals surface area contributed by atoms with Crippen molar-refractivity contribution in [2.24, 2.45) is 4.99 Å². The third-order valence-electron chi connectivity index (χ3n) is 3.31. The molecule has 0 fully saturated rings. The molecule has 1 amide bonds. The van der Waals surface area contributed by atoms with Gasteiger partial charge < -0.3 is 15.0 Å². The van der Waals surface area contributed by atoms with Gasteiger partial charge in [0.15, 0.2) is 0 Å². The van der Waals surface area contributed by atoms with Crippen LogP contribution in [0.5, 0.6) is 0 Å². The van der Waals surface area contributed by atoms with E-state index in [0.717, 1.165) is 16.5 Å². The minimum atomic E-state index is -0.718. The van der Waals surface area contributed by atoms with Crippen molar-refractivity contribution in [3.8, 4) is 0 Å². The maximum atomic E-state index is 11.8. The zero-order valence-electron chi connectivity index (χ0n) is 10.8. The molecule has 1 aliphatic rings. The molecule has 1 aromatic carbocycles. The van der Waals surface area contributed by atoms with E-state index in [1.165, 1.54) is 13.3 Å². The molecule has 0 saturated carbocycles. The second-order valence-corrected chi connectivity index (χ2v) is 4.56. The Morgan fingerprint density at radius 1 is 1.45 bits per heavy atom. The van der Waals surface area contributed by atoms with Gasteiger partial charge in [0.2, 0.25) is 0 Å². The Morgan fingerprint density at radius 3 is 3.10 bits per heavy atom. The van der Waals surface area contributed by atoms with Gasteiger partial charge in [0.05, 0.1) is 19.0 Å². The van der Waals surface area contributed by atoms with Crippen molar-refractivity contribution < 1.29 is 14.3 Å². The fourth-order valence-corrected chi connectivity index (χ4v) is 2.40. The van der Waals surface area contributed by atoms with Crippen LogP contribution in [0.3, 0.4) is 0 Å². The number of methoxy groups -OCH3 is 1. The van der Waals surface area contributed by atoms with Crippen molar-refractivity contribution in [1.82, 2.24) is 10.3 Å². The summed E-state index contributed by atoms with van der Waals surface area (Å²) in [5.74, 6) is -0.882. The summed E-state index contributed by atoms with van der Waals surface area (Å²) < 4.78 is 4.73. The topological polar surface area (TPSA) is 83.6 Å². The minimum Gasteiger partial charge on any atom is -0.467 e. The molecule has 1 unspecified atom stereocenters. The van der Waals surface area contributed by atoms with Gasteiger partial charge in [-0.15, -0.1) is 0 Å². The van der Waals surface area contributed by atoms with Crippen molar-refractivity contribution in [3.05, 3.63) is 30.0 Å². The van der Waals surface area contributed by atoms with E-state index < -0.39 is 17.9 Å². The van der Waals surface area contributed by atoms with Crippen LogP contribution in [0.25, 0.3) is 10.9 Å². The molecule has 0 aliphatic carbocycles. The molecule has 6 heteroatoms. The van der Waals surface area contributed by atoms with Gasteiger partial charge in [0.25, 0.3) is 5.91 Å². The Labute approximate surface area is 114 Å². The number of amides is 1. The van der Waals surface area contributed by atoms with Crippen LogP contribution >= 0.6 is 0 Å². The summed E-state index contributed by atoms with van der Waals surface area (Å²) in [6, 6.07) is 4.91. The summed E-state index contributed by atoms with van der Waals surface area (Å²) in [7, 11) is 1.30. The fraction of sp³-hybridized carbons (Fsp3) is 0.214. The molecular formula is C14H13N3O3. The van der Waals surface area contributed by atoms with E-state index in [4.69, 9.17) is 4.74 Å². The molecule has 2 N–H and O–H groups in total. The van der Waals surface area contributed by atoms with Crippen LogP contribution in [0.2, 0.25) is 0 Å². The molecule has 1 atom stereocenters. The highest BCUT2D eigenvalue weighted by atomic mass is 16.5. The van der Waals surface area contributed by atoms with Gasteiger partial charge in [0.1, 0.15) is 6.04 Å². The standard InChI is InChI=1S/C14H13N3O3/c1-20-14(19)11-5-8-6-15-9-3-2-4-10(13(8)9)16-7-12(18)17-11/h2-4,6-7,11,15H,5H2,1H3,(H,17,18). The lowest BCUT2D eigenvalue weighted by Gasteiger charge is -2.14. The van der Waals surface area contributed by atoms with E-state index in [2.05, 4.69) is 15.3 Å². The maximum Gasteiger partial charge on any atom is 0.328 e. The normalized spacial score (nSPS) is 18.1. The van der Waals surface area contributed by atoms with Crippen molar-refractivity contribution in [2.45, 2.75) is 12.5 Å². The molecule has 1 aliphatic heterocycles. The van der Waals surface area contributed by atoms with Gasteiger partial charge in [-0.3, -0.25) is 9.79 Å². The SMILES string of the molecule is COC(=O)C1Cc2c[nH]c3cccc(c23)N=CC(=O)N1. The number of aliphatic imine (C=N–C) groups is 1. The lowest BCUT2D eigenvalue weighted by Crippen LogP contribution is -2.43. The largest absolute Gasteiger partial charge is 0.467 e. The Bertz CT molecular complexity index is 718. The molecular weight excluding hydrogens is 258 g/mol. The van der Waals surface area contributed by atoms with Crippen LogP contribution in [0.4, 0.5) is 5.69 Å². The number of aromatic amines is 1. The van der Waals surface area contributed by atoms with Gasteiger partial charge in [-0.05, 0) is 17.7 Å². The molecule has 0 radical (unpaired) electrons. The number of carbonyl (C=O) groups excluding carboxylic acids is 2. The summed E-state index contributed by atoms with van der Waals surface area (Å²) in [5.41, 5.74) is 2.55. The van der Waals surface area contributed by atoms with E-state index in [1.807, 2.05) is 24.4 Å². The number of benzene rings is 1. The number of rotatable bonds is 1. The molecule has 0 saturated heterocycles. The number of hydrogen-bond donors (Lipinski definition) is 2. The molecule has 6 nitrogen and oxygen atoms in total. The first kappa shape index (κ1) is 12.4. The Balaban J connectivity index is 2.15. The van der Waals surface area contributed by atoms with Crippen molar-refractivity contribution in [1.29, 1.82) is 0 Å². The first-order valence-corrected chi connectivity index (χ1v) is 6.20. The molecule has 0 spiro atoms. The second kappa shape index (κ2) is 4.80. The number of aromatic nitrogens is 1. The zero-order chi connectivity index (χ0) is 14.1. The summed E-state index contributed by atoms with van der Waals surface area (Å²) in [5, 5.41) is 3.53. The molecule has 3 rings (SSSR count). The first-order chi connectivity index (χ1) is 9.69. The first-order valence-electron chi connectivity index (χ1n) is 6.20. The lowest BCUT2D eigenvalue weighted by atomic mass is 10.0. The minimum absolute atomic E-state index is 0.360. The van der Waals surface area contributed by atoms with Gasteiger partial charge in [0, 0.05) is 23.5 Å². The number of carbonyl (C=O) groups is 2. The smallest absolute Gasteiger partial charge is 0.328 e. The van der Waals surface area contributed by atoms with Crippen LogP contribution in [0.15, 0.2) is 29.4 Å². The summed E-state index contributed by atoms with van der Waals surface area (Å²) in [4.78, 5) is 30.8. The van der Waals surface area contributed by atoms with E-state index >= 15 is 0 Å². The van der Waals surface area contributed by atoms with E-state index in [1.54, 1.807) is 0 Å². The Kier molecular flexibility index (Phi) is 2.98. The molecule has 102 valence electrons. The fourth-order valence-electron chi connectivity index (χ4n) is 2.40. The van der Waals surface area contributed by atoms with Crippen LogP contribution in [-0.4, -0.2) is 36.2 Å². The number of ether oxygens (including phenoxy) is 1. The summed E-state index contributed by atoms with van der Waals surface area (Å²) >= 11 is 0. The number of nitrogens with one attached hydrogen (secondary N) is 2. The van der Waals surface area contributed by atoms with Crippen molar-refractivity contribution >= 4 is 34.7 Å². The summed E-state index contributed by atoms with van der Waals surface area (Å²) in [6.07, 6.45) is 3.38. The number of esters is 1. The van der Waals surface area contributed by atoms with Gasteiger partial charge in [-0.2, -0.15) is 0 Å². The molecule has 0 bridgehead atoms. The van der Waals surface area contributed by atoms with Gasteiger partial charge >= 0.3 is 5.97 Å². The molecule has 2 heterocycles. The average molecular weight is 271 g/mol. The number of hydrogen-bond acceptors (Lipinski definition) is 4. The second-order valence-electron chi connectivity index (χ2n) is 4.56. The highest BCUT2D eigenvalue weighted by Gasteiger charge is 2.24. The van der Waals surface area contributed by atoms with E-state index in [9.17, 15) is 9.59 Å². The molecule has 20 heavy (non-hydrogen) atoms. The number of H-pyrrole nitrogens is 1. The molecule has 2 aromatic rings. The predicted molar refractivity (Wildman–Crippen MR) is 74.1 cm³/mol. The summed E-state index contributed by atoms with van der Waals surface area (Å²) in [6.45, 7) is 0. The third kappa shape index (κ3) is 2.05. The van der Waals surface area contributed by atoms with Gasteiger partial charge in [-0.1, -0.05) is 6.07 Å². The van der Waals surface area contributed by atoms with E-state index in [0.29, 0.717) is 12.1 Å². The highest BCUT2D eigenvalue weighted by molar-refractivity contribution is 6.27. The predicted octanol–water partition coefficient (Wildman–Crippen LogP) is 1.08. The number of nitrogens with zero attached hydrogens (tertiary/aromatic N) is 1. The van der Waals surface area contributed by atoms with Crippen LogP contribution < -0.4 is 5.32 Å². The van der Waals surface area contributed by atoms with Crippen LogP contribution in [0.1, 0.15) is 5.56 Å². The Hall–Kier alpha value is -2.63. The zero-order valence-corrected chi connectivity index (χ0v) is 10.8. The van der Waals surface area contributed by atoms with Crippen molar-refractivity contribution in [2.75, 3.05) is 7.11 Å². The lowest BCUT2D eigenvalue weighted by molar-refractivity contribution is -0.144. The van der Waals surface area contributed by atoms with Crippen LogP contribution in [-0.2, 0) is 20.7 Å². The van der Waals surface area contributed by atoms with Crippen LogP contribution in [0, 0.1) is 0 Å². The van der Waals surface area contributed by atoms with E-state index in [-0.39, 0.29) is 0 Å². The maximum absolute atomic E-state index is 11.8. The van der Waals surface area contributed by atoms with Gasteiger partial charge in [-0.25, -0.2) is 4.79 Å². The highest BCUT2D eigenvalue weighted by Crippen LogP contribution is 2.30.